The molecule has 0 atom stereocenters. The van der Waals surface area contributed by atoms with Gasteiger partial charge in [0.15, 0.2) is 0 Å². The van der Waals surface area contributed by atoms with E-state index in [9.17, 15) is 9.18 Å². The lowest BCUT2D eigenvalue weighted by atomic mass is 10.2. The van der Waals surface area contributed by atoms with Crippen LogP contribution >= 0.6 is 23.7 Å². The molecule has 1 N–H and O–H groups in total. The van der Waals surface area contributed by atoms with Crippen molar-refractivity contribution >= 4 is 35.3 Å². The summed E-state index contributed by atoms with van der Waals surface area (Å²) in [5.41, 5.74) is 1.04. The summed E-state index contributed by atoms with van der Waals surface area (Å²) in [7, 11) is 0. The summed E-state index contributed by atoms with van der Waals surface area (Å²) in [5.74, 6) is -0.150. The molecule has 0 radical (unpaired) electrons. The molecule has 3 rings (SSSR count). The maximum atomic E-state index is 13.0. The zero-order valence-corrected chi connectivity index (χ0v) is 14.9. The maximum Gasteiger partial charge on any atom is 0.234 e. The van der Waals surface area contributed by atoms with Crippen LogP contribution in [0.15, 0.2) is 41.8 Å². The van der Waals surface area contributed by atoms with E-state index in [2.05, 4.69) is 15.1 Å². The average molecular weight is 370 g/mol. The average Bonchev–Trinajstić information content (AvgIpc) is 3.08. The second-order valence-electron chi connectivity index (χ2n) is 5.60. The number of carbonyl (C=O) groups excluding carboxylic acids is 1. The molecule has 0 bridgehead atoms. The van der Waals surface area contributed by atoms with Crippen LogP contribution in [-0.4, -0.2) is 43.5 Å². The molecule has 1 aromatic carbocycles. The third kappa shape index (κ3) is 5.19. The fraction of sp³-hybridized carbons (Fsp3) is 0.353. The number of piperazine rings is 1. The molecule has 2 aromatic rings. The molecule has 0 spiro atoms. The highest BCUT2D eigenvalue weighted by Crippen LogP contribution is 2.16. The minimum atomic E-state index is -0.213. The largest absolute Gasteiger partial charge is 0.369 e. The van der Waals surface area contributed by atoms with Gasteiger partial charge in [0, 0.05) is 36.7 Å². The van der Waals surface area contributed by atoms with Gasteiger partial charge in [0.25, 0.3) is 0 Å². The molecule has 1 aromatic heterocycles. The second-order valence-corrected chi connectivity index (χ2v) is 6.63. The van der Waals surface area contributed by atoms with Crippen molar-refractivity contribution < 1.29 is 9.18 Å². The normalized spacial score (nSPS) is 15.0. The quantitative estimate of drug-likeness (QED) is 0.880. The van der Waals surface area contributed by atoms with Crippen molar-refractivity contribution in [2.75, 3.05) is 37.6 Å². The molecule has 1 saturated heterocycles. The van der Waals surface area contributed by atoms with Crippen LogP contribution in [0.25, 0.3) is 0 Å². The number of amides is 1. The van der Waals surface area contributed by atoms with E-state index in [-0.39, 0.29) is 24.1 Å². The Bertz CT molecular complexity index is 628. The van der Waals surface area contributed by atoms with Gasteiger partial charge in [-0.1, -0.05) is 6.07 Å². The van der Waals surface area contributed by atoms with E-state index in [0.29, 0.717) is 13.1 Å². The molecule has 4 nitrogen and oxygen atoms in total. The predicted molar refractivity (Wildman–Crippen MR) is 98.5 cm³/mol. The van der Waals surface area contributed by atoms with E-state index in [0.717, 1.165) is 31.9 Å². The van der Waals surface area contributed by atoms with Gasteiger partial charge < -0.3 is 10.2 Å². The molecule has 24 heavy (non-hydrogen) atoms. The number of nitrogens with one attached hydrogen (secondary N) is 1. The van der Waals surface area contributed by atoms with E-state index >= 15 is 0 Å². The van der Waals surface area contributed by atoms with Crippen molar-refractivity contribution in [2.45, 2.75) is 6.54 Å². The third-order valence-electron chi connectivity index (χ3n) is 3.97. The smallest absolute Gasteiger partial charge is 0.234 e. The number of benzene rings is 1. The van der Waals surface area contributed by atoms with E-state index < -0.39 is 0 Å². The maximum absolute atomic E-state index is 13.0. The van der Waals surface area contributed by atoms with E-state index in [4.69, 9.17) is 0 Å². The van der Waals surface area contributed by atoms with Crippen molar-refractivity contribution in [1.29, 1.82) is 0 Å². The lowest BCUT2D eigenvalue weighted by Gasteiger charge is -2.35. The summed E-state index contributed by atoms with van der Waals surface area (Å²) in [6, 6.07) is 10.6. The first-order chi connectivity index (χ1) is 11.2. The Morgan fingerprint density at radius 2 is 1.83 bits per heavy atom. The van der Waals surface area contributed by atoms with Crippen molar-refractivity contribution in [3.05, 3.63) is 52.5 Å². The van der Waals surface area contributed by atoms with Crippen molar-refractivity contribution in [3.63, 3.8) is 0 Å². The Hall–Kier alpha value is -1.63. The first-order valence-electron chi connectivity index (χ1n) is 7.73. The molecule has 0 unspecified atom stereocenters. The molecule has 7 heteroatoms. The Labute approximate surface area is 151 Å². The first kappa shape index (κ1) is 18.7. The van der Waals surface area contributed by atoms with Crippen LogP contribution < -0.4 is 10.2 Å². The Morgan fingerprint density at radius 3 is 2.46 bits per heavy atom. The standard InChI is InChI=1S/C17H20FN3OS.ClH/c18-14-3-5-15(6-4-14)21-9-7-20(8-10-21)13-17(22)19-12-16-2-1-11-23-16;/h1-6,11H,7-10,12-13H2,(H,19,22);1H. The molecule has 1 amide bonds. The monoisotopic (exact) mass is 369 g/mol. The molecule has 0 saturated carbocycles. The summed E-state index contributed by atoms with van der Waals surface area (Å²) in [6.45, 7) is 4.41. The third-order valence-corrected chi connectivity index (χ3v) is 4.85. The Balaban J connectivity index is 0.00000208. The second kappa shape index (κ2) is 9.01. The molecule has 2 heterocycles. The number of carbonyl (C=O) groups is 1. The van der Waals surface area contributed by atoms with E-state index in [1.807, 2.05) is 17.5 Å². The number of anilines is 1. The van der Waals surface area contributed by atoms with Gasteiger partial charge in [-0.3, -0.25) is 9.69 Å². The molecular weight excluding hydrogens is 349 g/mol. The number of hydrogen-bond donors (Lipinski definition) is 1. The fourth-order valence-electron chi connectivity index (χ4n) is 2.67. The van der Waals surface area contributed by atoms with Crippen molar-refractivity contribution in [2.24, 2.45) is 0 Å². The summed E-state index contributed by atoms with van der Waals surface area (Å²) in [6.07, 6.45) is 0. The Morgan fingerprint density at radius 1 is 1.12 bits per heavy atom. The molecule has 1 aliphatic heterocycles. The minimum Gasteiger partial charge on any atom is -0.369 e. The van der Waals surface area contributed by atoms with Gasteiger partial charge in [0.05, 0.1) is 13.1 Å². The highest BCUT2D eigenvalue weighted by molar-refractivity contribution is 7.09. The topological polar surface area (TPSA) is 35.6 Å². The minimum absolute atomic E-state index is 0. The number of halogens is 2. The van der Waals surface area contributed by atoms with E-state index in [1.165, 1.54) is 17.0 Å². The number of thiophene rings is 1. The van der Waals surface area contributed by atoms with Crippen LogP contribution in [0.5, 0.6) is 0 Å². The van der Waals surface area contributed by atoms with Crippen LogP contribution in [0.3, 0.4) is 0 Å². The van der Waals surface area contributed by atoms with Crippen molar-refractivity contribution in [3.8, 4) is 0 Å². The van der Waals surface area contributed by atoms with Crippen LogP contribution in [0.2, 0.25) is 0 Å². The fourth-order valence-corrected chi connectivity index (χ4v) is 3.32. The SMILES string of the molecule is Cl.O=C(CN1CCN(c2ccc(F)cc2)CC1)NCc1cccs1. The zero-order valence-electron chi connectivity index (χ0n) is 13.3. The molecule has 130 valence electrons. The van der Waals surface area contributed by atoms with Crippen LogP contribution in [0, 0.1) is 5.82 Å². The van der Waals surface area contributed by atoms with Crippen molar-refractivity contribution in [1.82, 2.24) is 10.2 Å². The summed E-state index contributed by atoms with van der Waals surface area (Å²) < 4.78 is 13.0. The lowest BCUT2D eigenvalue weighted by Crippen LogP contribution is -2.49. The van der Waals surface area contributed by atoms with Gasteiger partial charge in [-0.05, 0) is 35.7 Å². The number of nitrogens with zero attached hydrogens (tertiary/aromatic N) is 2. The Kier molecular flexibility index (Phi) is 7.02. The van der Waals surface area contributed by atoms with Crippen LogP contribution in [-0.2, 0) is 11.3 Å². The van der Waals surface area contributed by atoms with Gasteiger partial charge >= 0.3 is 0 Å². The van der Waals surface area contributed by atoms with Gasteiger partial charge in [-0.25, -0.2) is 4.39 Å². The van der Waals surface area contributed by atoms with Crippen LogP contribution in [0.1, 0.15) is 4.88 Å². The summed E-state index contributed by atoms with van der Waals surface area (Å²) in [5, 5.41) is 4.97. The predicted octanol–water partition coefficient (Wildman–Crippen LogP) is 2.75. The number of rotatable bonds is 5. The molecule has 0 aliphatic carbocycles. The lowest BCUT2D eigenvalue weighted by molar-refractivity contribution is -0.122. The van der Waals surface area contributed by atoms with Gasteiger partial charge in [-0.2, -0.15) is 0 Å². The zero-order chi connectivity index (χ0) is 16.1. The molecule has 1 aliphatic rings. The molecular formula is C17H21ClFN3OS. The highest BCUT2D eigenvalue weighted by Gasteiger charge is 2.19. The highest BCUT2D eigenvalue weighted by atomic mass is 35.5. The van der Waals surface area contributed by atoms with Crippen LogP contribution in [0.4, 0.5) is 10.1 Å². The van der Waals surface area contributed by atoms with E-state index in [1.54, 1.807) is 23.5 Å². The first-order valence-corrected chi connectivity index (χ1v) is 8.60. The number of hydrogen-bond acceptors (Lipinski definition) is 4. The molecule has 1 fully saturated rings. The van der Waals surface area contributed by atoms with Gasteiger partial charge in [0.1, 0.15) is 5.82 Å². The van der Waals surface area contributed by atoms with Gasteiger partial charge in [-0.15, -0.1) is 23.7 Å². The summed E-state index contributed by atoms with van der Waals surface area (Å²) in [4.78, 5) is 17.5. The van der Waals surface area contributed by atoms with Gasteiger partial charge in [0.2, 0.25) is 5.91 Å². The summed E-state index contributed by atoms with van der Waals surface area (Å²) >= 11 is 1.65.